The van der Waals surface area contributed by atoms with Crippen molar-refractivity contribution < 1.29 is 14.3 Å². The number of nitrogens with one attached hydrogen (secondary N) is 1. The van der Waals surface area contributed by atoms with Crippen LogP contribution in [-0.4, -0.2) is 34.8 Å². The van der Waals surface area contributed by atoms with Crippen molar-refractivity contribution in [2.45, 2.75) is 19.9 Å². The van der Waals surface area contributed by atoms with Crippen LogP contribution in [0.1, 0.15) is 24.3 Å². The molecule has 1 atom stereocenters. The maximum absolute atomic E-state index is 12.5. The van der Waals surface area contributed by atoms with Crippen LogP contribution in [-0.2, 0) is 16.6 Å². The van der Waals surface area contributed by atoms with E-state index in [-0.39, 0.29) is 11.8 Å². The second kappa shape index (κ2) is 7.49. The minimum atomic E-state index is -0.716. The number of halogens is 1. The standard InChI is InChI=1S/C17H20ClN3O3/c1-10(2)15(17(23)24-4)19-16(22)14-9-13(20-21(14)3)11-6-5-7-12(18)8-11/h5-10,15H,1-4H3,(H,19,22)/t15-/m0/s1. The Morgan fingerprint density at radius 1 is 1.29 bits per heavy atom. The predicted molar refractivity (Wildman–Crippen MR) is 91.8 cm³/mol. The molecule has 1 heterocycles. The van der Waals surface area contributed by atoms with E-state index in [2.05, 4.69) is 10.4 Å². The van der Waals surface area contributed by atoms with Crippen LogP contribution in [0.3, 0.4) is 0 Å². The van der Waals surface area contributed by atoms with Crippen LogP contribution in [0.25, 0.3) is 11.3 Å². The lowest BCUT2D eigenvalue weighted by Gasteiger charge is -2.19. The fourth-order valence-corrected chi connectivity index (χ4v) is 2.50. The number of nitrogens with zero attached hydrogens (tertiary/aromatic N) is 2. The SMILES string of the molecule is COC(=O)[C@@H](NC(=O)c1cc(-c2cccc(Cl)c2)nn1C)C(C)C. The fourth-order valence-electron chi connectivity index (χ4n) is 2.31. The molecule has 0 fully saturated rings. The van der Waals surface area contributed by atoms with Crippen LogP contribution in [0.15, 0.2) is 30.3 Å². The summed E-state index contributed by atoms with van der Waals surface area (Å²) in [5, 5.41) is 7.63. The molecule has 0 aliphatic carbocycles. The molecule has 1 amide bonds. The molecule has 0 saturated carbocycles. The van der Waals surface area contributed by atoms with Crippen molar-refractivity contribution in [3.63, 3.8) is 0 Å². The van der Waals surface area contributed by atoms with Crippen LogP contribution >= 0.6 is 11.6 Å². The first kappa shape index (κ1) is 18.0. The predicted octanol–water partition coefficient (Wildman–Crippen LogP) is 2.67. The smallest absolute Gasteiger partial charge is 0.328 e. The van der Waals surface area contributed by atoms with Gasteiger partial charge in [-0.25, -0.2) is 4.79 Å². The Bertz CT molecular complexity index is 755. The topological polar surface area (TPSA) is 73.2 Å². The number of ether oxygens (including phenoxy) is 1. The summed E-state index contributed by atoms with van der Waals surface area (Å²) in [5.74, 6) is -0.958. The Kier molecular flexibility index (Phi) is 5.62. The molecule has 24 heavy (non-hydrogen) atoms. The second-order valence-corrected chi connectivity index (χ2v) is 6.20. The summed E-state index contributed by atoms with van der Waals surface area (Å²) in [6.45, 7) is 3.67. The lowest BCUT2D eigenvalue weighted by atomic mass is 10.0. The van der Waals surface area contributed by atoms with Gasteiger partial charge in [-0.1, -0.05) is 37.6 Å². The van der Waals surface area contributed by atoms with E-state index in [0.29, 0.717) is 16.4 Å². The number of hydrogen-bond donors (Lipinski definition) is 1. The van der Waals surface area contributed by atoms with E-state index in [1.54, 1.807) is 25.2 Å². The molecule has 6 nitrogen and oxygen atoms in total. The van der Waals surface area contributed by atoms with Gasteiger partial charge >= 0.3 is 5.97 Å². The molecule has 1 aromatic carbocycles. The number of aromatic nitrogens is 2. The quantitative estimate of drug-likeness (QED) is 0.842. The summed E-state index contributed by atoms with van der Waals surface area (Å²) in [5.41, 5.74) is 1.79. The number of amides is 1. The summed E-state index contributed by atoms with van der Waals surface area (Å²) in [7, 11) is 2.97. The minimum absolute atomic E-state index is 0.0953. The molecule has 128 valence electrons. The van der Waals surface area contributed by atoms with Gasteiger partial charge in [0.05, 0.1) is 12.8 Å². The number of rotatable bonds is 5. The molecule has 2 aromatic rings. The van der Waals surface area contributed by atoms with E-state index in [9.17, 15) is 9.59 Å². The summed E-state index contributed by atoms with van der Waals surface area (Å²) in [6.07, 6.45) is 0. The highest BCUT2D eigenvalue weighted by Crippen LogP contribution is 2.22. The molecular weight excluding hydrogens is 330 g/mol. The molecule has 2 rings (SSSR count). The Morgan fingerprint density at radius 2 is 2.00 bits per heavy atom. The largest absolute Gasteiger partial charge is 0.467 e. The molecule has 0 radical (unpaired) electrons. The first-order valence-electron chi connectivity index (χ1n) is 7.52. The van der Waals surface area contributed by atoms with Gasteiger partial charge < -0.3 is 10.1 Å². The molecule has 1 aromatic heterocycles. The van der Waals surface area contributed by atoms with Gasteiger partial charge in [0.1, 0.15) is 11.7 Å². The normalized spacial score (nSPS) is 12.1. The van der Waals surface area contributed by atoms with Crippen molar-refractivity contribution >= 4 is 23.5 Å². The highest BCUT2D eigenvalue weighted by molar-refractivity contribution is 6.30. The molecule has 0 bridgehead atoms. The summed E-state index contributed by atoms with van der Waals surface area (Å²) in [4.78, 5) is 24.3. The van der Waals surface area contributed by atoms with Crippen LogP contribution in [0, 0.1) is 5.92 Å². The van der Waals surface area contributed by atoms with Crippen molar-refractivity contribution in [1.29, 1.82) is 0 Å². The highest BCUT2D eigenvalue weighted by atomic mass is 35.5. The molecule has 0 unspecified atom stereocenters. The molecular formula is C17H20ClN3O3. The van der Waals surface area contributed by atoms with Gasteiger partial charge in [-0.15, -0.1) is 0 Å². The number of esters is 1. The number of hydrogen-bond acceptors (Lipinski definition) is 4. The zero-order chi connectivity index (χ0) is 17.9. The first-order chi connectivity index (χ1) is 11.3. The van der Waals surface area contributed by atoms with E-state index in [4.69, 9.17) is 16.3 Å². The van der Waals surface area contributed by atoms with Gasteiger partial charge in [-0.3, -0.25) is 9.48 Å². The lowest BCUT2D eigenvalue weighted by Crippen LogP contribution is -2.45. The second-order valence-electron chi connectivity index (χ2n) is 5.77. The molecule has 0 saturated heterocycles. The van der Waals surface area contributed by atoms with E-state index in [1.165, 1.54) is 11.8 Å². The zero-order valence-corrected chi connectivity index (χ0v) is 14.8. The average molecular weight is 350 g/mol. The Labute approximate surface area is 145 Å². The van der Waals surface area contributed by atoms with Crippen molar-refractivity contribution in [3.05, 3.63) is 41.0 Å². The van der Waals surface area contributed by atoms with Crippen LogP contribution < -0.4 is 5.32 Å². The van der Waals surface area contributed by atoms with Crippen molar-refractivity contribution in [2.75, 3.05) is 7.11 Å². The third kappa shape index (κ3) is 3.94. The molecule has 7 heteroatoms. The Morgan fingerprint density at radius 3 is 2.58 bits per heavy atom. The summed E-state index contributed by atoms with van der Waals surface area (Å²) < 4.78 is 6.21. The molecule has 1 N–H and O–H groups in total. The van der Waals surface area contributed by atoms with Gasteiger partial charge in [0.25, 0.3) is 5.91 Å². The number of methoxy groups -OCH3 is 1. The van der Waals surface area contributed by atoms with E-state index < -0.39 is 12.0 Å². The first-order valence-corrected chi connectivity index (χ1v) is 7.90. The monoisotopic (exact) mass is 349 g/mol. The molecule has 0 aliphatic rings. The van der Waals surface area contributed by atoms with E-state index in [0.717, 1.165) is 5.56 Å². The summed E-state index contributed by atoms with van der Waals surface area (Å²) >= 11 is 5.99. The summed E-state index contributed by atoms with van der Waals surface area (Å²) in [6, 6.07) is 8.17. The number of carbonyl (C=O) groups is 2. The van der Waals surface area contributed by atoms with Crippen molar-refractivity contribution in [2.24, 2.45) is 13.0 Å². The Balaban J connectivity index is 2.26. The van der Waals surface area contributed by atoms with Crippen LogP contribution in [0.2, 0.25) is 5.02 Å². The fraction of sp³-hybridized carbons (Fsp3) is 0.353. The average Bonchev–Trinajstić information content (AvgIpc) is 2.93. The van der Waals surface area contributed by atoms with Gasteiger partial charge in [0, 0.05) is 17.6 Å². The molecule has 0 aliphatic heterocycles. The lowest BCUT2D eigenvalue weighted by molar-refractivity contribution is -0.144. The zero-order valence-electron chi connectivity index (χ0n) is 14.0. The maximum Gasteiger partial charge on any atom is 0.328 e. The van der Waals surface area contributed by atoms with E-state index in [1.807, 2.05) is 26.0 Å². The van der Waals surface area contributed by atoms with Gasteiger partial charge in [0.15, 0.2) is 0 Å². The molecule has 0 spiro atoms. The van der Waals surface area contributed by atoms with Gasteiger partial charge in [-0.2, -0.15) is 5.10 Å². The number of benzene rings is 1. The number of aryl methyl sites for hydroxylation is 1. The van der Waals surface area contributed by atoms with Crippen molar-refractivity contribution in [1.82, 2.24) is 15.1 Å². The van der Waals surface area contributed by atoms with Crippen LogP contribution in [0.4, 0.5) is 0 Å². The van der Waals surface area contributed by atoms with Crippen molar-refractivity contribution in [3.8, 4) is 11.3 Å². The van der Waals surface area contributed by atoms with Crippen LogP contribution in [0.5, 0.6) is 0 Å². The number of carbonyl (C=O) groups excluding carboxylic acids is 2. The minimum Gasteiger partial charge on any atom is -0.467 e. The van der Waals surface area contributed by atoms with Gasteiger partial charge in [-0.05, 0) is 24.1 Å². The maximum atomic E-state index is 12.5. The third-order valence-electron chi connectivity index (χ3n) is 3.64. The Hall–Kier alpha value is -2.34. The van der Waals surface area contributed by atoms with E-state index >= 15 is 0 Å². The van der Waals surface area contributed by atoms with Gasteiger partial charge in [0.2, 0.25) is 0 Å². The third-order valence-corrected chi connectivity index (χ3v) is 3.88. The highest BCUT2D eigenvalue weighted by Gasteiger charge is 2.26.